The van der Waals surface area contributed by atoms with Gasteiger partial charge >= 0.3 is 0 Å². The lowest BCUT2D eigenvalue weighted by Gasteiger charge is -2.17. The number of hydrogen-bond donors (Lipinski definition) is 2. The van der Waals surface area contributed by atoms with Crippen LogP contribution in [-0.2, 0) is 22.4 Å². The summed E-state index contributed by atoms with van der Waals surface area (Å²) in [7, 11) is 0. The molecule has 0 bridgehead atoms. The molecule has 1 aromatic carbocycles. The van der Waals surface area contributed by atoms with Crippen molar-refractivity contribution < 1.29 is 9.59 Å². The molecule has 0 radical (unpaired) electrons. The van der Waals surface area contributed by atoms with Gasteiger partial charge in [-0.05, 0) is 35.6 Å². The van der Waals surface area contributed by atoms with Crippen LogP contribution in [0, 0.1) is 0 Å². The molecule has 22 heavy (non-hydrogen) atoms. The topological polar surface area (TPSA) is 58.2 Å². The number of carbonyl (C=O) groups is 2. The SMILES string of the molecule is O=C(Cc1ccc2c(c1)NC(=O)CS2)NCCc1cccs1. The first-order valence-electron chi connectivity index (χ1n) is 7.05. The van der Waals surface area contributed by atoms with Crippen LogP contribution in [0.5, 0.6) is 0 Å². The minimum Gasteiger partial charge on any atom is -0.355 e. The molecule has 1 aromatic heterocycles. The molecule has 1 aliphatic rings. The Bertz CT molecular complexity index is 683. The minimum absolute atomic E-state index is 0.00583. The van der Waals surface area contributed by atoms with Crippen LogP contribution in [0.15, 0.2) is 40.6 Å². The molecular weight excluding hydrogens is 316 g/mol. The molecule has 1 aliphatic heterocycles. The number of anilines is 1. The number of rotatable bonds is 5. The Morgan fingerprint density at radius 3 is 3.05 bits per heavy atom. The molecule has 6 heteroatoms. The zero-order valence-electron chi connectivity index (χ0n) is 11.9. The first kappa shape index (κ1) is 15.1. The van der Waals surface area contributed by atoms with Crippen molar-refractivity contribution in [1.82, 2.24) is 5.32 Å². The summed E-state index contributed by atoms with van der Waals surface area (Å²) in [5.74, 6) is 0.469. The monoisotopic (exact) mass is 332 g/mol. The Morgan fingerprint density at radius 1 is 1.32 bits per heavy atom. The van der Waals surface area contributed by atoms with Gasteiger partial charge < -0.3 is 10.6 Å². The third-order valence-electron chi connectivity index (χ3n) is 3.32. The fraction of sp³-hybridized carbons (Fsp3) is 0.250. The number of benzene rings is 1. The van der Waals surface area contributed by atoms with Crippen LogP contribution in [0.4, 0.5) is 5.69 Å². The number of hydrogen-bond acceptors (Lipinski definition) is 4. The zero-order chi connectivity index (χ0) is 15.4. The summed E-state index contributed by atoms with van der Waals surface area (Å²) in [6.45, 7) is 0.650. The van der Waals surface area contributed by atoms with E-state index in [-0.39, 0.29) is 11.8 Å². The average molecular weight is 332 g/mol. The molecule has 0 fully saturated rings. The van der Waals surface area contributed by atoms with Crippen LogP contribution < -0.4 is 10.6 Å². The van der Waals surface area contributed by atoms with Gasteiger partial charge in [0.1, 0.15) is 0 Å². The molecule has 0 atom stereocenters. The standard InChI is InChI=1S/C16H16N2O2S2/c19-15(17-6-5-12-2-1-7-21-12)9-11-3-4-14-13(8-11)18-16(20)10-22-14/h1-4,7-8H,5-6,9-10H2,(H,17,19)(H,18,20). The Labute approximate surface area is 137 Å². The zero-order valence-corrected chi connectivity index (χ0v) is 13.6. The van der Waals surface area contributed by atoms with E-state index in [0.717, 1.165) is 22.6 Å². The first-order chi connectivity index (χ1) is 10.7. The van der Waals surface area contributed by atoms with Gasteiger partial charge in [0.15, 0.2) is 0 Å². The lowest BCUT2D eigenvalue weighted by Crippen LogP contribution is -2.27. The second kappa shape index (κ2) is 6.98. The summed E-state index contributed by atoms with van der Waals surface area (Å²) in [5, 5.41) is 7.82. The molecule has 3 rings (SSSR count). The molecule has 0 saturated heterocycles. The van der Waals surface area contributed by atoms with E-state index in [1.165, 1.54) is 16.6 Å². The lowest BCUT2D eigenvalue weighted by atomic mass is 10.1. The molecule has 0 spiro atoms. The Morgan fingerprint density at radius 2 is 2.23 bits per heavy atom. The fourth-order valence-electron chi connectivity index (χ4n) is 2.27. The van der Waals surface area contributed by atoms with Crippen molar-refractivity contribution >= 4 is 40.6 Å². The lowest BCUT2D eigenvalue weighted by molar-refractivity contribution is -0.120. The quantitative estimate of drug-likeness (QED) is 0.885. The predicted octanol–water partition coefficient (Wildman–Crippen LogP) is 2.69. The summed E-state index contributed by atoms with van der Waals surface area (Å²) in [5.41, 5.74) is 1.72. The highest BCUT2D eigenvalue weighted by Gasteiger charge is 2.16. The first-order valence-corrected chi connectivity index (χ1v) is 8.92. The minimum atomic E-state index is 0.00583. The molecule has 4 nitrogen and oxygen atoms in total. The second-order valence-corrected chi connectivity index (χ2v) is 7.07. The maximum atomic E-state index is 12.0. The maximum Gasteiger partial charge on any atom is 0.234 e. The van der Waals surface area contributed by atoms with Crippen LogP contribution >= 0.6 is 23.1 Å². The van der Waals surface area contributed by atoms with E-state index in [9.17, 15) is 9.59 Å². The molecular formula is C16H16N2O2S2. The van der Waals surface area contributed by atoms with Crippen LogP contribution in [0.2, 0.25) is 0 Å². The Hall–Kier alpha value is -1.79. The van der Waals surface area contributed by atoms with Gasteiger partial charge in [-0.25, -0.2) is 0 Å². The van der Waals surface area contributed by atoms with Crippen LogP contribution in [-0.4, -0.2) is 24.1 Å². The number of thioether (sulfide) groups is 1. The number of fused-ring (bicyclic) bond motifs is 1. The molecule has 114 valence electrons. The van der Waals surface area contributed by atoms with Crippen LogP contribution in [0.1, 0.15) is 10.4 Å². The normalized spacial score (nSPS) is 13.4. The largest absolute Gasteiger partial charge is 0.355 e. The average Bonchev–Trinajstić information content (AvgIpc) is 3.00. The van der Waals surface area contributed by atoms with E-state index >= 15 is 0 Å². The van der Waals surface area contributed by atoms with Crippen LogP contribution in [0.3, 0.4) is 0 Å². The Kier molecular flexibility index (Phi) is 4.80. The molecule has 0 saturated carbocycles. The number of carbonyl (C=O) groups excluding carboxylic acids is 2. The van der Waals surface area contributed by atoms with Gasteiger partial charge in [-0.2, -0.15) is 0 Å². The molecule has 2 amide bonds. The van der Waals surface area contributed by atoms with Gasteiger partial charge in [0.25, 0.3) is 0 Å². The predicted molar refractivity (Wildman–Crippen MR) is 90.5 cm³/mol. The van der Waals surface area contributed by atoms with Crippen molar-refractivity contribution in [1.29, 1.82) is 0 Å². The van der Waals surface area contributed by atoms with Gasteiger partial charge in [0.2, 0.25) is 11.8 Å². The number of nitrogens with one attached hydrogen (secondary N) is 2. The van der Waals surface area contributed by atoms with Crippen molar-refractivity contribution in [3.8, 4) is 0 Å². The van der Waals surface area contributed by atoms with Crippen LogP contribution in [0.25, 0.3) is 0 Å². The van der Waals surface area contributed by atoms with E-state index in [1.807, 2.05) is 29.6 Å². The van der Waals surface area contributed by atoms with Crippen molar-refractivity contribution in [3.05, 3.63) is 46.2 Å². The highest BCUT2D eigenvalue weighted by Crippen LogP contribution is 2.32. The highest BCUT2D eigenvalue weighted by atomic mass is 32.2. The third-order valence-corrected chi connectivity index (χ3v) is 5.32. The van der Waals surface area contributed by atoms with Crippen molar-refractivity contribution in [2.24, 2.45) is 0 Å². The van der Waals surface area contributed by atoms with E-state index in [0.29, 0.717) is 18.7 Å². The molecule has 2 N–H and O–H groups in total. The van der Waals surface area contributed by atoms with Crippen molar-refractivity contribution in [2.45, 2.75) is 17.7 Å². The maximum absolute atomic E-state index is 12.0. The van der Waals surface area contributed by atoms with E-state index in [2.05, 4.69) is 16.7 Å². The molecule has 0 unspecified atom stereocenters. The summed E-state index contributed by atoms with van der Waals surface area (Å²) < 4.78 is 0. The third kappa shape index (κ3) is 3.90. The van der Waals surface area contributed by atoms with Gasteiger partial charge in [0, 0.05) is 16.3 Å². The fourth-order valence-corrected chi connectivity index (χ4v) is 3.77. The Balaban J connectivity index is 1.53. The molecule has 2 heterocycles. The highest BCUT2D eigenvalue weighted by molar-refractivity contribution is 8.00. The van der Waals surface area contributed by atoms with Gasteiger partial charge in [-0.1, -0.05) is 12.1 Å². The molecule has 2 aromatic rings. The summed E-state index contributed by atoms with van der Waals surface area (Å²) in [6.07, 6.45) is 1.19. The summed E-state index contributed by atoms with van der Waals surface area (Å²) in [6, 6.07) is 9.88. The van der Waals surface area contributed by atoms with Crippen molar-refractivity contribution in [2.75, 3.05) is 17.6 Å². The van der Waals surface area contributed by atoms with E-state index in [4.69, 9.17) is 0 Å². The molecule has 0 aliphatic carbocycles. The number of thiophene rings is 1. The van der Waals surface area contributed by atoms with Crippen molar-refractivity contribution in [3.63, 3.8) is 0 Å². The van der Waals surface area contributed by atoms with Gasteiger partial charge in [0.05, 0.1) is 17.9 Å². The van der Waals surface area contributed by atoms with Gasteiger partial charge in [-0.3, -0.25) is 9.59 Å². The number of amides is 2. The summed E-state index contributed by atoms with van der Waals surface area (Å²) in [4.78, 5) is 25.7. The second-order valence-electron chi connectivity index (χ2n) is 5.02. The van der Waals surface area contributed by atoms with E-state index in [1.54, 1.807) is 11.3 Å². The summed E-state index contributed by atoms with van der Waals surface area (Å²) >= 11 is 3.23. The smallest absolute Gasteiger partial charge is 0.234 e. The van der Waals surface area contributed by atoms with Gasteiger partial charge in [-0.15, -0.1) is 23.1 Å². The van der Waals surface area contributed by atoms with E-state index < -0.39 is 0 Å².